The minimum atomic E-state index is 0.361. The third kappa shape index (κ3) is 1.53. The van der Waals surface area contributed by atoms with Gasteiger partial charge >= 0.3 is 0 Å². The van der Waals surface area contributed by atoms with E-state index in [1.807, 2.05) is 12.3 Å². The van der Waals surface area contributed by atoms with Gasteiger partial charge < -0.3 is 5.32 Å². The zero-order chi connectivity index (χ0) is 13.7. The average Bonchev–Trinajstić information content (AvgIpc) is 2.97. The molecule has 4 rings (SSSR count). The van der Waals surface area contributed by atoms with E-state index >= 15 is 0 Å². The van der Waals surface area contributed by atoms with Crippen molar-refractivity contribution in [2.24, 2.45) is 0 Å². The average molecular weight is 265 g/mol. The molecule has 4 unspecified atom stereocenters. The van der Waals surface area contributed by atoms with Gasteiger partial charge in [-0.25, -0.2) is 4.98 Å². The molecule has 0 spiro atoms. The van der Waals surface area contributed by atoms with Gasteiger partial charge in [0.05, 0.1) is 6.17 Å². The van der Waals surface area contributed by atoms with E-state index in [4.69, 9.17) is 0 Å². The number of nitrogens with one attached hydrogen (secondary N) is 1. The summed E-state index contributed by atoms with van der Waals surface area (Å²) in [6, 6.07) is 15.7. The summed E-state index contributed by atoms with van der Waals surface area (Å²) >= 11 is 0. The molecule has 102 valence electrons. The number of pyridine rings is 1. The largest absolute Gasteiger partial charge is 0.354 e. The maximum atomic E-state index is 4.49. The van der Waals surface area contributed by atoms with Crippen LogP contribution in [0, 0.1) is 0 Å². The summed E-state index contributed by atoms with van der Waals surface area (Å²) in [5.41, 5.74) is 2.79. The smallest absolute Gasteiger partial charge is 0.130 e. The van der Waals surface area contributed by atoms with Crippen molar-refractivity contribution in [2.45, 2.75) is 31.0 Å². The fourth-order valence-corrected chi connectivity index (χ4v) is 3.92. The Hall–Kier alpha value is -1.87. The number of likely N-dealkylation sites (tertiary alicyclic amines) is 1. The van der Waals surface area contributed by atoms with Crippen LogP contribution in [-0.4, -0.2) is 29.1 Å². The molecule has 3 nitrogen and oxygen atoms in total. The molecule has 4 atom stereocenters. The fraction of sp³-hybridized carbons (Fsp3) is 0.353. The maximum Gasteiger partial charge on any atom is 0.130 e. The Bertz CT molecular complexity index is 625. The first-order valence-corrected chi connectivity index (χ1v) is 7.25. The number of nitrogens with zero attached hydrogens (tertiary/aromatic N) is 2. The second kappa shape index (κ2) is 4.32. The van der Waals surface area contributed by atoms with Gasteiger partial charge in [-0.2, -0.15) is 0 Å². The van der Waals surface area contributed by atoms with Crippen molar-refractivity contribution in [3.05, 3.63) is 59.8 Å². The van der Waals surface area contributed by atoms with Crippen molar-refractivity contribution in [1.82, 2.24) is 9.88 Å². The SMILES string of the molecule is CC1C(c2ccccc2)C2c3cccnc3NC2N1C. The summed E-state index contributed by atoms with van der Waals surface area (Å²) in [7, 11) is 2.21. The number of rotatable bonds is 1. The fourth-order valence-electron chi connectivity index (χ4n) is 3.92. The summed E-state index contributed by atoms with van der Waals surface area (Å²) in [6.07, 6.45) is 2.23. The van der Waals surface area contributed by atoms with Crippen LogP contribution in [-0.2, 0) is 0 Å². The molecule has 0 bridgehead atoms. The molecule has 1 aromatic carbocycles. The molecule has 0 saturated carbocycles. The van der Waals surface area contributed by atoms with Crippen LogP contribution in [0.3, 0.4) is 0 Å². The minimum Gasteiger partial charge on any atom is -0.354 e. The van der Waals surface area contributed by atoms with E-state index in [-0.39, 0.29) is 0 Å². The van der Waals surface area contributed by atoms with Gasteiger partial charge in [-0.3, -0.25) is 4.90 Å². The molecule has 2 aromatic rings. The Labute approximate surface area is 119 Å². The summed E-state index contributed by atoms with van der Waals surface area (Å²) in [5, 5.41) is 3.59. The highest BCUT2D eigenvalue weighted by Gasteiger charge is 2.50. The van der Waals surface area contributed by atoms with Crippen molar-refractivity contribution < 1.29 is 0 Å². The number of fused-ring (bicyclic) bond motifs is 3. The Morgan fingerprint density at radius 1 is 1.05 bits per heavy atom. The molecule has 2 aliphatic rings. The predicted octanol–water partition coefficient (Wildman–Crippen LogP) is 3.03. The topological polar surface area (TPSA) is 28.2 Å². The number of anilines is 1. The molecule has 1 fully saturated rings. The van der Waals surface area contributed by atoms with E-state index in [2.05, 4.69) is 65.6 Å². The lowest BCUT2D eigenvalue weighted by molar-refractivity contribution is 0.267. The van der Waals surface area contributed by atoms with Gasteiger partial charge in [0.25, 0.3) is 0 Å². The predicted molar refractivity (Wildman–Crippen MR) is 80.8 cm³/mol. The lowest BCUT2D eigenvalue weighted by Gasteiger charge is -2.24. The standard InChI is InChI=1S/C17H19N3/c1-11-14(12-7-4-3-5-8-12)15-13-9-6-10-18-16(13)19-17(15)20(11)2/h3-11,14-15,17H,1-2H3,(H,18,19). The van der Waals surface area contributed by atoms with Crippen LogP contribution in [0.5, 0.6) is 0 Å². The number of hydrogen-bond donors (Lipinski definition) is 1. The van der Waals surface area contributed by atoms with Gasteiger partial charge in [0, 0.05) is 29.6 Å². The summed E-state index contributed by atoms with van der Waals surface area (Å²) in [6.45, 7) is 2.33. The lowest BCUT2D eigenvalue weighted by Crippen LogP contribution is -2.35. The van der Waals surface area contributed by atoms with Crippen molar-refractivity contribution in [3.63, 3.8) is 0 Å². The third-order valence-corrected chi connectivity index (χ3v) is 5.00. The summed E-state index contributed by atoms with van der Waals surface area (Å²) < 4.78 is 0. The molecule has 0 radical (unpaired) electrons. The summed E-state index contributed by atoms with van der Waals surface area (Å²) in [4.78, 5) is 6.94. The van der Waals surface area contributed by atoms with E-state index in [9.17, 15) is 0 Å². The normalized spacial score (nSPS) is 31.7. The molecule has 3 heterocycles. The van der Waals surface area contributed by atoms with Crippen molar-refractivity contribution >= 4 is 5.82 Å². The summed E-state index contributed by atoms with van der Waals surface area (Å²) in [5.74, 6) is 2.06. The quantitative estimate of drug-likeness (QED) is 0.859. The molecule has 1 N–H and O–H groups in total. The Morgan fingerprint density at radius 3 is 2.65 bits per heavy atom. The van der Waals surface area contributed by atoms with E-state index < -0.39 is 0 Å². The second-order valence-electron chi connectivity index (χ2n) is 5.90. The van der Waals surface area contributed by atoms with Crippen LogP contribution < -0.4 is 5.32 Å². The highest BCUT2D eigenvalue weighted by atomic mass is 15.3. The monoisotopic (exact) mass is 265 g/mol. The first kappa shape index (κ1) is 11.9. The number of likely N-dealkylation sites (N-methyl/N-ethyl adjacent to an activating group) is 1. The van der Waals surface area contributed by atoms with Gasteiger partial charge in [0.15, 0.2) is 0 Å². The maximum absolute atomic E-state index is 4.49. The first-order chi connectivity index (χ1) is 9.77. The van der Waals surface area contributed by atoms with Crippen LogP contribution in [0.1, 0.15) is 29.9 Å². The van der Waals surface area contributed by atoms with Gasteiger partial charge in [0.2, 0.25) is 0 Å². The van der Waals surface area contributed by atoms with Gasteiger partial charge in [0.1, 0.15) is 5.82 Å². The Morgan fingerprint density at radius 2 is 1.85 bits per heavy atom. The number of benzene rings is 1. The molecule has 0 aliphatic carbocycles. The van der Waals surface area contributed by atoms with E-state index in [1.54, 1.807) is 0 Å². The molecule has 20 heavy (non-hydrogen) atoms. The number of aromatic nitrogens is 1. The van der Waals surface area contributed by atoms with E-state index in [0.717, 1.165) is 5.82 Å². The zero-order valence-electron chi connectivity index (χ0n) is 11.8. The van der Waals surface area contributed by atoms with E-state index in [1.165, 1.54) is 11.1 Å². The van der Waals surface area contributed by atoms with Crippen LogP contribution in [0.25, 0.3) is 0 Å². The van der Waals surface area contributed by atoms with Crippen molar-refractivity contribution in [1.29, 1.82) is 0 Å². The zero-order valence-corrected chi connectivity index (χ0v) is 11.8. The number of hydrogen-bond acceptors (Lipinski definition) is 3. The molecule has 0 amide bonds. The molecule has 1 aromatic heterocycles. The van der Waals surface area contributed by atoms with Crippen LogP contribution in [0.4, 0.5) is 5.82 Å². The lowest BCUT2D eigenvalue weighted by atomic mass is 9.81. The highest BCUT2D eigenvalue weighted by molar-refractivity contribution is 5.56. The van der Waals surface area contributed by atoms with E-state index in [0.29, 0.717) is 24.0 Å². The van der Waals surface area contributed by atoms with Crippen LogP contribution >= 0.6 is 0 Å². The Balaban J connectivity index is 1.83. The van der Waals surface area contributed by atoms with Crippen LogP contribution in [0.15, 0.2) is 48.7 Å². The second-order valence-corrected chi connectivity index (χ2v) is 5.90. The third-order valence-electron chi connectivity index (χ3n) is 5.00. The van der Waals surface area contributed by atoms with Gasteiger partial charge in [-0.05, 0) is 25.6 Å². The molecular weight excluding hydrogens is 246 g/mol. The highest BCUT2D eigenvalue weighted by Crippen LogP contribution is 2.52. The first-order valence-electron chi connectivity index (χ1n) is 7.25. The van der Waals surface area contributed by atoms with Crippen molar-refractivity contribution in [3.8, 4) is 0 Å². The molecule has 3 heteroatoms. The molecular formula is C17H19N3. The molecule has 1 saturated heterocycles. The molecule has 2 aliphatic heterocycles. The van der Waals surface area contributed by atoms with Gasteiger partial charge in [-0.15, -0.1) is 0 Å². The minimum absolute atomic E-state index is 0.361. The van der Waals surface area contributed by atoms with Crippen molar-refractivity contribution in [2.75, 3.05) is 12.4 Å². The van der Waals surface area contributed by atoms with Crippen LogP contribution in [0.2, 0.25) is 0 Å². The Kier molecular flexibility index (Phi) is 2.57. The van der Waals surface area contributed by atoms with Gasteiger partial charge in [-0.1, -0.05) is 36.4 Å².